The monoisotopic (exact) mass is 315 g/mol. The van der Waals surface area contributed by atoms with Crippen molar-refractivity contribution in [2.75, 3.05) is 20.3 Å². The highest BCUT2D eigenvalue weighted by Crippen LogP contribution is 2.60. The second kappa shape index (κ2) is 5.70. The minimum absolute atomic E-state index is 0.277. The van der Waals surface area contributed by atoms with Crippen LogP contribution in [0.15, 0.2) is 0 Å². The number of ether oxygens (including phenoxy) is 3. The maximum Gasteiger partial charge on any atom is 0.408 e. The summed E-state index contributed by atoms with van der Waals surface area (Å²) in [6, 6.07) is 0. The fraction of sp³-hybridized carbons (Fsp3) is 0.867. The third-order valence-electron chi connectivity index (χ3n) is 4.47. The minimum atomic E-state index is -1.02. The topological polar surface area (TPSA) is 94.1 Å². The molecule has 1 aliphatic heterocycles. The molecule has 2 fully saturated rings. The van der Waals surface area contributed by atoms with Crippen molar-refractivity contribution in [1.29, 1.82) is 0 Å². The van der Waals surface area contributed by atoms with Crippen LogP contribution in [0.5, 0.6) is 0 Å². The van der Waals surface area contributed by atoms with Crippen molar-refractivity contribution < 1.29 is 28.9 Å². The number of carbonyl (C=O) groups excluding carboxylic acids is 1. The Balaban J connectivity index is 2.22. The van der Waals surface area contributed by atoms with E-state index in [0.29, 0.717) is 25.9 Å². The van der Waals surface area contributed by atoms with Gasteiger partial charge in [0.2, 0.25) is 0 Å². The van der Waals surface area contributed by atoms with Gasteiger partial charge in [-0.1, -0.05) is 0 Å². The van der Waals surface area contributed by atoms with Gasteiger partial charge in [-0.15, -0.1) is 0 Å². The van der Waals surface area contributed by atoms with Gasteiger partial charge in [-0.25, -0.2) is 9.59 Å². The number of carboxylic acids is 1. The molecule has 1 saturated heterocycles. The van der Waals surface area contributed by atoms with E-state index in [2.05, 4.69) is 5.32 Å². The molecule has 22 heavy (non-hydrogen) atoms. The van der Waals surface area contributed by atoms with E-state index in [9.17, 15) is 14.7 Å². The van der Waals surface area contributed by atoms with Crippen LogP contribution in [-0.2, 0) is 19.0 Å². The predicted molar refractivity (Wildman–Crippen MR) is 77.6 cm³/mol. The molecule has 2 rings (SSSR count). The van der Waals surface area contributed by atoms with E-state index in [4.69, 9.17) is 14.2 Å². The van der Waals surface area contributed by atoms with Gasteiger partial charge in [0, 0.05) is 19.1 Å². The van der Waals surface area contributed by atoms with E-state index in [1.54, 1.807) is 20.8 Å². The van der Waals surface area contributed by atoms with Gasteiger partial charge in [-0.3, -0.25) is 0 Å². The van der Waals surface area contributed by atoms with Crippen molar-refractivity contribution in [2.45, 2.75) is 57.3 Å². The largest absolute Gasteiger partial charge is 0.479 e. The van der Waals surface area contributed by atoms with Crippen LogP contribution < -0.4 is 5.32 Å². The molecule has 126 valence electrons. The van der Waals surface area contributed by atoms with Crippen molar-refractivity contribution in [2.24, 2.45) is 5.41 Å². The summed E-state index contributed by atoms with van der Waals surface area (Å²) in [5, 5.41) is 12.3. The SMILES string of the molecule is COC(C(=O)O)C1(C2(NC(=O)OC(C)(C)C)CCOC2)CC1. The average Bonchev–Trinajstić information content (AvgIpc) is 3.01. The number of carbonyl (C=O) groups is 2. The van der Waals surface area contributed by atoms with E-state index in [-0.39, 0.29) is 6.61 Å². The first-order valence-electron chi connectivity index (χ1n) is 7.50. The van der Waals surface area contributed by atoms with Gasteiger partial charge < -0.3 is 24.6 Å². The highest BCUT2D eigenvalue weighted by molar-refractivity contribution is 5.76. The first kappa shape index (κ1) is 17.0. The molecule has 2 unspecified atom stereocenters. The van der Waals surface area contributed by atoms with Crippen LogP contribution in [0.3, 0.4) is 0 Å². The predicted octanol–water partition coefficient (Wildman–Crippen LogP) is 1.55. The normalized spacial score (nSPS) is 28.0. The van der Waals surface area contributed by atoms with Gasteiger partial charge in [0.25, 0.3) is 0 Å². The van der Waals surface area contributed by atoms with E-state index in [1.165, 1.54) is 7.11 Å². The number of carboxylic acid groups (broad SMARTS) is 1. The van der Waals surface area contributed by atoms with Crippen LogP contribution in [0.4, 0.5) is 4.79 Å². The van der Waals surface area contributed by atoms with Gasteiger partial charge in [0.05, 0.1) is 12.1 Å². The second-order valence-electron chi connectivity index (χ2n) is 7.12. The highest BCUT2D eigenvalue weighted by atomic mass is 16.6. The van der Waals surface area contributed by atoms with Gasteiger partial charge in [0.15, 0.2) is 6.10 Å². The molecule has 1 amide bonds. The molecule has 0 bridgehead atoms. The Kier molecular flexibility index (Phi) is 4.41. The number of hydrogen-bond donors (Lipinski definition) is 2. The Labute approximate surface area is 130 Å². The number of aliphatic carboxylic acids is 1. The molecule has 2 aliphatic rings. The number of methoxy groups -OCH3 is 1. The van der Waals surface area contributed by atoms with Gasteiger partial charge >= 0.3 is 12.1 Å². The molecular formula is C15H25NO6. The Morgan fingerprint density at radius 2 is 1.91 bits per heavy atom. The lowest BCUT2D eigenvalue weighted by Crippen LogP contribution is -2.61. The van der Waals surface area contributed by atoms with Crippen LogP contribution in [0.1, 0.15) is 40.0 Å². The molecule has 1 saturated carbocycles. The van der Waals surface area contributed by atoms with Gasteiger partial charge in [-0.05, 0) is 40.0 Å². The van der Waals surface area contributed by atoms with E-state index < -0.39 is 34.7 Å². The molecule has 7 heteroatoms. The van der Waals surface area contributed by atoms with Crippen molar-refractivity contribution in [3.8, 4) is 0 Å². The van der Waals surface area contributed by atoms with Crippen LogP contribution in [-0.4, -0.2) is 54.7 Å². The lowest BCUT2D eigenvalue weighted by atomic mass is 9.76. The molecule has 2 atom stereocenters. The zero-order valence-electron chi connectivity index (χ0n) is 13.6. The smallest absolute Gasteiger partial charge is 0.408 e. The fourth-order valence-electron chi connectivity index (χ4n) is 3.37. The van der Waals surface area contributed by atoms with Gasteiger partial charge in [0.1, 0.15) is 5.60 Å². The quantitative estimate of drug-likeness (QED) is 0.799. The maximum absolute atomic E-state index is 12.2. The van der Waals surface area contributed by atoms with Gasteiger partial charge in [-0.2, -0.15) is 0 Å². The molecule has 0 aromatic heterocycles. The van der Waals surface area contributed by atoms with Crippen molar-refractivity contribution in [1.82, 2.24) is 5.32 Å². The standard InChI is InChI=1S/C15H25NO6/c1-13(2,3)22-12(19)16-15(7-8-21-9-15)14(5-6-14)10(20-4)11(17)18/h10H,5-9H2,1-4H3,(H,16,19)(H,17,18). The summed E-state index contributed by atoms with van der Waals surface area (Å²) in [4.78, 5) is 23.7. The summed E-state index contributed by atoms with van der Waals surface area (Å²) in [6.07, 6.45) is 0.390. The second-order valence-corrected chi connectivity index (χ2v) is 7.12. The van der Waals surface area contributed by atoms with Crippen molar-refractivity contribution >= 4 is 12.1 Å². The number of amides is 1. The molecule has 0 spiro atoms. The molecular weight excluding hydrogens is 290 g/mol. The summed E-state index contributed by atoms with van der Waals surface area (Å²) in [6.45, 7) is 6.11. The number of rotatable bonds is 5. The third-order valence-corrected chi connectivity index (χ3v) is 4.47. The van der Waals surface area contributed by atoms with Crippen molar-refractivity contribution in [3.05, 3.63) is 0 Å². The summed E-state index contributed by atoms with van der Waals surface area (Å²) in [5.74, 6) is -1.02. The third kappa shape index (κ3) is 3.05. The van der Waals surface area contributed by atoms with Crippen molar-refractivity contribution in [3.63, 3.8) is 0 Å². The highest BCUT2D eigenvalue weighted by Gasteiger charge is 2.67. The lowest BCUT2D eigenvalue weighted by Gasteiger charge is -2.40. The van der Waals surface area contributed by atoms with Crippen LogP contribution >= 0.6 is 0 Å². The van der Waals surface area contributed by atoms with E-state index >= 15 is 0 Å². The molecule has 0 radical (unpaired) electrons. The first-order valence-corrected chi connectivity index (χ1v) is 7.50. The maximum atomic E-state index is 12.2. The summed E-state index contributed by atoms with van der Waals surface area (Å²) in [5.41, 5.74) is -2.01. The van der Waals surface area contributed by atoms with E-state index in [1.807, 2.05) is 0 Å². The molecule has 2 N–H and O–H groups in total. The Bertz CT molecular complexity index is 445. The molecule has 0 aromatic carbocycles. The average molecular weight is 315 g/mol. The Morgan fingerprint density at radius 1 is 1.27 bits per heavy atom. The molecule has 1 aliphatic carbocycles. The fourth-order valence-corrected chi connectivity index (χ4v) is 3.37. The first-order chi connectivity index (χ1) is 10.2. The van der Waals surface area contributed by atoms with E-state index in [0.717, 1.165) is 0 Å². The number of alkyl carbamates (subject to hydrolysis) is 1. The van der Waals surface area contributed by atoms with Crippen LogP contribution in [0, 0.1) is 5.41 Å². The van der Waals surface area contributed by atoms with Crippen LogP contribution in [0.2, 0.25) is 0 Å². The Hall–Kier alpha value is -1.34. The zero-order chi connectivity index (χ0) is 16.6. The minimum Gasteiger partial charge on any atom is -0.479 e. The summed E-state index contributed by atoms with van der Waals surface area (Å²) >= 11 is 0. The number of nitrogens with one attached hydrogen (secondary N) is 1. The zero-order valence-corrected chi connectivity index (χ0v) is 13.6. The molecule has 1 heterocycles. The molecule has 0 aromatic rings. The summed E-state index contributed by atoms with van der Waals surface area (Å²) in [7, 11) is 1.38. The number of hydrogen-bond acceptors (Lipinski definition) is 5. The van der Waals surface area contributed by atoms with Crippen LogP contribution in [0.25, 0.3) is 0 Å². The lowest BCUT2D eigenvalue weighted by molar-refractivity contribution is -0.156. The Morgan fingerprint density at radius 3 is 2.27 bits per heavy atom. The summed E-state index contributed by atoms with van der Waals surface area (Å²) < 4.78 is 16.0. The molecule has 7 nitrogen and oxygen atoms in total.